The third-order valence-corrected chi connectivity index (χ3v) is 5.08. The highest BCUT2D eigenvalue weighted by molar-refractivity contribution is 6.09. The van der Waals surface area contributed by atoms with E-state index in [4.69, 9.17) is 9.40 Å². The molecule has 6 aromatic rings. The van der Waals surface area contributed by atoms with Crippen molar-refractivity contribution in [3.63, 3.8) is 0 Å². The molecule has 3 aromatic heterocycles. The number of nitrogens with zero attached hydrogens (tertiary/aromatic N) is 3. The highest BCUT2D eigenvalue weighted by atomic mass is 16.3. The van der Waals surface area contributed by atoms with Crippen LogP contribution in [0.25, 0.3) is 50.2 Å². The zero-order chi connectivity index (χ0) is 18.5. The molecular weight excluding hydrogens is 346 g/mol. The van der Waals surface area contributed by atoms with Crippen LogP contribution < -0.4 is 0 Å². The molecule has 0 atom stereocenters. The van der Waals surface area contributed by atoms with Gasteiger partial charge >= 0.3 is 0 Å². The minimum atomic E-state index is 0.824. The van der Waals surface area contributed by atoms with Crippen molar-refractivity contribution in [2.24, 2.45) is 0 Å². The van der Waals surface area contributed by atoms with Crippen molar-refractivity contribution in [1.29, 1.82) is 0 Å². The lowest BCUT2D eigenvalue weighted by atomic mass is 10.1. The lowest BCUT2D eigenvalue weighted by Crippen LogP contribution is -1.98. The number of imidazole rings is 1. The molecular formula is C24H15N3O. The van der Waals surface area contributed by atoms with Crippen LogP contribution in [0.15, 0.2) is 95.5 Å². The minimum absolute atomic E-state index is 0.824. The van der Waals surface area contributed by atoms with Gasteiger partial charge in [-0.15, -0.1) is 0 Å². The van der Waals surface area contributed by atoms with Gasteiger partial charge in [0, 0.05) is 22.7 Å². The Morgan fingerprint density at radius 3 is 2.46 bits per heavy atom. The molecule has 28 heavy (non-hydrogen) atoms. The Morgan fingerprint density at radius 2 is 1.54 bits per heavy atom. The molecule has 3 aromatic carbocycles. The first kappa shape index (κ1) is 15.2. The summed E-state index contributed by atoms with van der Waals surface area (Å²) in [6.07, 6.45) is 1.80. The van der Waals surface area contributed by atoms with E-state index in [9.17, 15) is 0 Å². The van der Waals surface area contributed by atoms with Crippen molar-refractivity contribution < 1.29 is 4.42 Å². The fourth-order valence-corrected chi connectivity index (χ4v) is 3.84. The van der Waals surface area contributed by atoms with E-state index >= 15 is 0 Å². The molecule has 0 N–H and O–H groups in total. The molecule has 0 bridgehead atoms. The number of fused-ring (bicyclic) bond motifs is 4. The summed E-state index contributed by atoms with van der Waals surface area (Å²) in [7, 11) is 0. The van der Waals surface area contributed by atoms with Crippen LogP contribution in [0.1, 0.15) is 0 Å². The summed E-state index contributed by atoms with van der Waals surface area (Å²) in [4.78, 5) is 9.52. The van der Waals surface area contributed by atoms with Crippen molar-refractivity contribution >= 4 is 33.1 Å². The van der Waals surface area contributed by atoms with E-state index in [1.807, 2.05) is 48.5 Å². The van der Waals surface area contributed by atoms with Crippen molar-refractivity contribution in [2.45, 2.75) is 0 Å². The van der Waals surface area contributed by atoms with Gasteiger partial charge < -0.3 is 4.42 Å². The Kier molecular flexibility index (Phi) is 3.14. The lowest BCUT2D eigenvalue weighted by Gasteiger charge is -2.09. The predicted molar refractivity (Wildman–Crippen MR) is 112 cm³/mol. The topological polar surface area (TPSA) is 43.9 Å². The van der Waals surface area contributed by atoms with Gasteiger partial charge in [-0.05, 0) is 36.4 Å². The predicted octanol–water partition coefficient (Wildman–Crippen LogP) is 5.99. The van der Waals surface area contributed by atoms with Gasteiger partial charge in [-0.1, -0.05) is 48.5 Å². The zero-order valence-electron chi connectivity index (χ0n) is 14.9. The van der Waals surface area contributed by atoms with E-state index in [-0.39, 0.29) is 0 Å². The van der Waals surface area contributed by atoms with E-state index < -0.39 is 0 Å². The van der Waals surface area contributed by atoms with Crippen LogP contribution >= 0.6 is 0 Å². The van der Waals surface area contributed by atoms with Gasteiger partial charge in [-0.2, -0.15) is 0 Å². The first-order valence-electron chi connectivity index (χ1n) is 9.20. The molecule has 0 unspecified atom stereocenters. The van der Waals surface area contributed by atoms with Crippen LogP contribution in [-0.4, -0.2) is 14.5 Å². The molecule has 0 radical (unpaired) electrons. The van der Waals surface area contributed by atoms with E-state index in [1.54, 1.807) is 6.20 Å². The minimum Gasteiger partial charge on any atom is -0.455 e. The molecule has 0 saturated carbocycles. The van der Waals surface area contributed by atoms with Crippen LogP contribution in [0, 0.1) is 0 Å². The fourth-order valence-electron chi connectivity index (χ4n) is 3.84. The second-order valence-corrected chi connectivity index (χ2v) is 6.73. The molecule has 0 fully saturated rings. The summed E-state index contributed by atoms with van der Waals surface area (Å²) in [5.74, 6) is 0.824. The number of hydrogen-bond donors (Lipinski definition) is 0. The van der Waals surface area contributed by atoms with Crippen LogP contribution in [0.3, 0.4) is 0 Å². The number of aromatic nitrogens is 3. The average Bonchev–Trinajstić information content (AvgIpc) is 3.33. The maximum Gasteiger partial charge on any atom is 0.164 e. The second kappa shape index (κ2) is 5.79. The highest BCUT2D eigenvalue weighted by Crippen LogP contribution is 2.37. The van der Waals surface area contributed by atoms with Crippen LogP contribution in [0.5, 0.6) is 0 Å². The first-order chi connectivity index (χ1) is 13.9. The summed E-state index contributed by atoms with van der Waals surface area (Å²) in [6.45, 7) is 0. The smallest absolute Gasteiger partial charge is 0.164 e. The van der Waals surface area contributed by atoms with Crippen LogP contribution in [-0.2, 0) is 0 Å². The van der Waals surface area contributed by atoms with Gasteiger partial charge in [0.1, 0.15) is 16.7 Å². The van der Waals surface area contributed by atoms with Crippen LogP contribution in [0.2, 0.25) is 0 Å². The van der Waals surface area contributed by atoms with Gasteiger partial charge in [-0.3, -0.25) is 4.57 Å². The molecule has 0 amide bonds. The number of furan rings is 1. The fraction of sp³-hybridized carbons (Fsp3) is 0. The molecule has 4 nitrogen and oxygen atoms in total. The molecule has 0 aliphatic rings. The number of hydrogen-bond acceptors (Lipinski definition) is 3. The van der Waals surface area contributed by atoms with E-state index in [0.29, 0.717) is 0 Å². The Bertz CT molecular complexity index is 1460. The normalized spacial score (nSPS) is 11.6. The Labute approximate surface area is 160 Å². The Morgan fingerprint density at radius 1 is 0.714 bits per heavy atom. The summed E-state index contributed by atoms with van der Waals surface area (Å²) in [5.41, 5.74) is 5.38. The van der Waals surface area contributed by atoms with E-state index in [2.05, 4.69) is 45.9 Å². The van der Waals surface area contributed by atoms with Gasteiger partial charge in [0.15, 0.2) is 11.5 Å². The van der Waals surface area contributed by atoms with Gasteiger partial charge in [0.25, 0.3) is 0 Å². The van der Waals surface area contributed by atoms with Crippen molar-refractivity contribution in [1.82, 2.24) is 14.5 Å². The van der Waals surface area contributed by atoms with Crippen LogP contribution in [0.4, 0.5) is 0 Å². The number of para-hydroxylation sites is 3. The second-order valence-electron chi connectivity index (χ2n) is 6.73. The van der Waals surface area contributed by atoms with Gasteiger partial charge in [-0.25, -0.2) is 9.97 Å². The number of benzene rings is 3. The third-order valence-electron chi connectivity index (χ3n) is 5.08. The molecule has 0 saturated heterocycles. The summed E-state index contributed by atoms with van der Waals surface area (Å²) < 4.78 is 8.35. The molecule has 0 aliphatic carbocycles. The monoisotopic (exact) mass is 361 g/mol. The summed E-state index contributed by atoms with van der Waals surface area (Å²) in [5, 5.41) is 2.20. The van der Waals surface area contributed by atoms with E-state index in [0.717, 1.165) is 50.2 Å². The Hall–Kier alpha value is -3.92. The van der Waals surface area contributed by atoms with Crippen molar-refractivity contribution in [3.05, 3.63) is 91.1 Å². The first-order valence-corrected chi connectivity index (χ1v) is 9.20. The van der Waals surface area contributed by atoms with Gasteiger partial charge in [0.05, 0.1) is 5.56 Å². The van der Waals surface area contributed by atoms with Crippen molar-refractivity contribution in [3.8, 4) is 17.1 Å². The Balaban J connectivity index is 1.74. The molecule has 0 aliphatic heterocycles. The van der Waals surface area contributed by atoms with E-state index in [1.165, 1.54) is 0 Å². The summed E-state index contributed by atoms with van der Waals surface area (Å²) in [6, 6.07) is 28.4. The maximum absolute atomic E-state index is 6.25. The SMILES string of the molecule is c1ccc(-n2c(-c3cccc4c3oc3ccccc34)nc3cccnc32)cc1. The van der Waals surface area contributed by atoms with Gasteiger partial charge in [0.2, 0.25) is 0 Å². The maximum atomic E-state index is 6.25. The largest absolute Gasteiger partial charge is 0.455 e. The quantitative estimate of drug-likeness (QED) is 0.381. The third kappa shape index (κ3) is 2.12. The molecule has 132 valence electrons. The molecule has 3 heterocycles. The zero-order valence-corrected chi connectivity index (χ0v) is 14.9. The molecule has 4 heteroatoms. The van der Waals surface area contributed by atoms with Crippen molar-refractivity contribution in [2.75, 3.05) is 0 Å². The average molecular weight is 361 g/mol. The molecule has 0 spiro atoms. The number of rotatable bonds is 2. The molecule has 6 rings (SSSR count). The lowest BCUT2D eigenvalue weighted by molar-refractivity contribution is 0.669. The number of pyridine rings is 1. The standard InChI is InChI=1S/C24H15N3O/c1-2-8-16(9-3-1)27-23(26-20-13-7-15-25-24(20)27)19-12-6-11-18-17-10-4-5-14-21(17)28-22(18)19/h1-15H. The summed E-state index contributed by atoms with van der Waals surface area (Å²) >= 11 is 0. The highest BCUT2D eigenvalue weighted by Gasteiger charge is 2.19.